The monoisotopic (exact) mass is 544 g/mol. The summed E-state index contributed by atoms with van der Waals surface area (Å²) in [6.45, 7) is 0.268. The van der Waals surface area contributed by atoms with Crippen LogP contribution in [0.15, 0.2) is 89.5 Å². The second-order valence-electron chi connectivity index (χ2n) is 8.87. The number of anilines is 1. The van der Waals surface area contributed by atoms with Gasteiger partial charge in [-0.3, -0.25) is 9.78 Å². The Labute approximate surface area is 229 Å². The number of hydrogen-bond acceptors (Lipinski definition) is 6. The van der Waals surface area contributed by atoms with Gasteiger partial charge in [0.05, 0.1) is 30.1 Å². The topological polar surface area (TPSA) is 96.7 Å². The van der Waals surface area contributed by atoms with E-state index in [2.05, 4.69) is 15.6 Å². The molecule has 0 radical (unpaired) electrons. The molecule has 8 nitrogen and oxygen atoms in total. The predicted octanol–water partition coefficient (Wildman–Crippen LogP) is 5.27. The number of methoxy groups -OCH3 is 1. The highest BCUT2D eigenvalue weighted by atomic mass is 32.1. The molecule has 0 unspecified atom stereocenters. The highest BCUT2D eigenvalue weighted by Crippen LogP contribution is 2.40. The Morgan fingerprint density at radius 2 is 1.85 bits per heavy atom. The lowest BCUT2D eigenvalue weighted by atomic mass is 10.0. The van der Waals surface area contributed by atoms with E-state index in [-0.39, 0.29) is 30.6 Å². The zero-order chi connectivity index (χ0) is 27.4. The van der Waals surface area contributed by atoms with Crippen molar-refractivity contribution in [2.24, 2.45) is 0 Å². The fourth-order valence-corrected chi connectivity index (χ4v) is 4.84. The molecule has 2 N–H and O–H groups in total. The van der Waals surface area contributed by atoms with Crippen molar-refractivity contribution >= 4 is 34.9 Å². The number of esters is 1. The maximum atomic E-state index is 14.0. The second kappa shape index (κ2) is 11.4. The Kier molecular flexibility index (Phi) is 7.64. The molecule has 2 aromatic heterocycles. The van der Waals surface area contributed by atoms with E-state index in [1.54, 1.807) is 42.6 Å². The van der Waals surface area contributed by atoms with Crippen molar-refractivity contribution in [3.8, 4) is 11.3 Å². The average Bonchev–Trinajstić information content (AvgIpc) is 3.58. The average molecular weight is 545 g/mol. The molecule has 1 aliphatic heterocycles. The van der Waals surface area contributed by atoms with E-state index in [9.17, 15) is 14.0 Å². The van der Waals surface area contributed by atoms with Gasteiger partial charge in [-0.1, -0.05) is 30.3 Å². The number of ether oxygens (including phenoxy) is 1. The Hall–Kier alpha value is -4.57. The summed E-state index contributed by atoms with van der Waals surface area (Å²) in [4.78, 5) is 30.9. The zero-order valence-corrected chi connectivity index (χ0v) is 21.8. The zero-order valence-electron chi connectivity index (χ0n) is 21.0. The van der Waals surface area contributed by atoms with Gasteiger partial charge in [0.2, 0.25) is 5.91 Å². The first-order chi connectivity index (χ1) is 18.9. The molecule has 2 atom stereocenters. The van der Waals surface area contributed by atoms with Gasteiger partial charge in [-0.05, 0) is 60.7 Å². The molecule has 4 aromatic rings. The first-order valence-corrected chi connectivity index (χ1v) is 12.7. The summed E-state index contributed by atoms with van der Waals surface area (Å²) in [5.41, 5.74) is 2.12. The van der Waals surface area contributed by atoms with E-state index in [1.807, 2.05) is 35.2 Å². The molecule has 0 saturated carbocycles. The predicted molar refractivity (Wildman–Crippen MR) is 147 cm³/mol. The standard InChI is InChI=1S/C29H25FN4O4S/c1-37-28(36)19-11-9-18(10-12-19)23-13-14-24(38-23)27-26(22-8-4-5-16-31-22)33-29(39)34(27)17-15-25(35)32-21-7-3-2-6-20(21)30/h2-14,16,26-27H,15,17H2,1H3,(H,32,35)(H,33,39)/t26-,27-/m1/s1. The number of nitrogens with zero attached hydrogens (tertiary/aromatic N) is 2. The summed E-state index contributed by atoms with van der Waals surface area (Å²) in [7, 11) is 1.34. The van der Waals surface area contributed by atoms with Crippen molar-refractivity contribution in [2.45, 2.75) is 18.5 Å². The number of carbonyl (C=O) groups is 2. The number of carbonyl (C=O) groups excluding carboxylic acids is 2. The number of hydrogen-bond donors (Lipinski definition) is 2. The molecule has 3 heterocycles. The molecule has 39 heavy (non-hydrogen) atoms. The van der Waals surface area contributed by atoms with Gasteiger partial charge in [0.1, 0.15) is 23.4 Å². The van der Waals surface area contributed by atoms with Crippen LogP contribution in [0, 0.1) is 5.82 Å². The van der Waals surface area contributed by atoms with Crippen LogP contribution in [0.1, 0.15) is 40.3 Å². The van der Waals surface area contributed by atoms with Gasteiger partial charge in [0.15, 0.2) is 5.11 Å². The largest absolute Gasteiger partial charge is 0.465 e. The molecule has 0 bridgehead atoms. The molecule has 0 spiro atoms. The smallest absolute Gasteiger partial charge is 0.337 e. The Morgan fingerprint density at radius 3 is 2.56 bits per heavy atom. The van der Waals surface area contributed by atoms with Gasteiger partial charge in [0.25, 0.3) is 0 Å². The van der Waals surface area contributed by atoms with Crippen molar-refractivity contribution < 1.29 is 23.1 Å². The third-order valence-electron chi connectivity index (χ3n) is 6.43. The molecule has 0 aliphatic carbocycles. The maximum Gasteiger partial charge on any atom is 0.337 e. The van der Waals surface area contributed by atoms with E-state index < -0.39 is 17.8 Å². The first-order valence-electron chi connectivity index (χ1n) is 12.3. The summed E-state index contributed by atoms with van der Waals surface area (Å²) in [5.74, 6) is -0.0234. The molecular formula is C29H25FN4O4S. The number of aromatic nitrogens is 1. The van der Waals surface area contributed by atoms with E-state index in [4.69, 9.17) is 21.4 Å². The van der Waals surface area contributed by atoms with E-state index in [0.717, 1.165) is 11.3 Å². The van der Waals surface area contributed by atoms with Gasteiger partial charge in [-0.15, -0.1) is 0 Å². The van der Waals surface area contributed by atoms with Crippen LogP contribution in [-0.2, 0) is 9.53 Å². The number of benzene rings is 2. The number of amides is 1. The minimum absolute atomic E-state index is 0.0736. The fraction of sp³-hybridized carbons (Fsp3) is 0.172. The molecule has 1 fully saturated rings. The Balaban J connectivity index is 1.39. The van der Waals surface area contributed by atoms with Gasteiger partial charge in [-0.25, -0.2) is 9.18 Å². The van der Waals surface area contributed by atoms with E-state index in [0.29, 0.717) is 22.2 Å². The molecule has 1 saturated heterocycles. The van der Waals surface area contributed by atoms with Crippen LogP contribution in [0.5, 0.6) is 0 Å². The number of halogens is 1. The number of rotatable bonds is 8. The normalized spacial score (nSPS) is 16.6. The summed E-state index contributed by atoms with van der Waals surface area (Å²) >= 11 is 5.66. The molecule has 1 aliphatic rings. The van der Waals surface area contributed by atoms with Gasteiger partial charge < -0.3 is 24.7 Å². The summed E-state index contributed by atoms with van der Waals surface area (Å²) < 4.78 is 25.1. The fourth-order valence-electron chi connectivity index (χ4n) is 4.51. The van der Waals surface area contributed by atoms with Crippen LogP contribution < -0.4 is 10.6 Å². The first kappa shape index (κ1) is 26.1. The van der Waals surface area contributed by atoms with Crippen LogP contribution in [0.25, 0.3) is 11.3 Å². The molecule has 198 valence electrons. The highest BCUT2D eigenvalue weighted by molar-refractivity contribution is 7.80. The number of nitrogens with one attached hydrogen (secondary N) is 2. The summed E-state index contributed by atoms with van der Waals surface area (Å²) in [6.07, 6.45) is 1.78. The van der Waals surface area contributed by atoms with Crippen molar-refractivity contribution in [2.75, 3.05) is 19.0 Å². The summed E-state index contributed by atoms with van der Waals surface area (Å²) in [5, 5.41) is 6.39. The third kappa shape index (κ3) is 5.65. The molecule has 10 heteroatoms. The number of para-hydroxylation sites is 1. The number of furan rings is 1. The molecule has 1 amide bonds. The van der Waals surface area contributed by atoms with E-state index in [1.165, 1.54) is 19.2 Å². The number of pyridine rings is 1. The SMILES string of the molecule is COC(=O)c1ccc(-c2ccc([C@@H]3[C@@H](c4ccccn4)NC(=S)N3CCC(=O)Nc3ccccc3F)o2)cc1. The lowest BCUT2D eigenvalue weighted by Crippen LogP contribution is -2.32. The van der Waals surface area contributed by atoms with Gasteiger partial charge in [0, 0.05) is 24.7 Å². The van der Waals surface area contributed by atoms with Gasteiger partial charge >= 0.3 is 5.97 Å². The highest BCUT2D eigenvalue weighted by Gasteiger charge is 2.41. The minimum atomic E-state index is -0.500. The second-order valence-corrected chi connectivity index (χ2v) is 9.26. The minimum Gasteiger partial charge on any atom is -0.465 e. The van der Waals surface area contributed by atoms with E-state index >= 15 is 0 Å². The Bertz CT molecular complexity index is 1490. The van der Waals surface area contributed by atoms with Crippen LogP contribution >= 0.6 is 12.2 Å². The van der Waals surface area contributed by atoms with Crippen LogP contribution in [0.4, 0.5) is 10.1 Å². The molecule has 2 aromatic carbocycles. The molecular weight excluding hydrogens is 519 g/mol. The van der Waals surface area contributed by atoms with Crippen molar-refractivity contribution in [1.29, 1.82) is 0 Å². The van der Waals surface area contributed by atoms with Gasteiger partial charge in [-0.2, -0.15) is 0 Å². The molecule has 5 rings (SSSR count). The quantitative estimate of drug-likeness (QED) is 0.229. The Morgan fingerprint density at radius 1 is 1.08 bits per heavy atom. The van der Waals surface area contributed by atoms with Crippen LogP contribution in [-0.4, -0.2) is 40.5 Å². The van der Waals surface area contributed by atoms with Crippen LogP contribution in [0.3, 0.4) is 0 Å². The summed E-state index contributed by atoms with van der Waals surface area (Å²) in [6, 6.07) is 21.6. The van der Waals surface area contributed by atoms with Crippen molar-refractivity contribution in [1.82, 2.24) is 15.2 Å². The van der Waals surface area contributed by atoms with Crippen molar-refractivity contribution in [3.05, 3.63) is 108 Å². The maximum absolute atomic E-state index is 14.0. The van der Waals surface area contributed by atoms with Crippen molar-refractivity contribution in [3.63, 3.8) is 0 Å². The van der Waals surface area contributed by atoms with Crippen LogP contribution in [0.2, 0.25) is 0 Å². The lowest BCUT2D eigenvalue weighted by molar-refractivity contribution is -0.116. The lowest BCUT2D eigenvalue weighted by Gasteiger charge is -2.25. The third-order valence-corrected chi connectivity index (χ3v) is 6.79. The number of thiocarbonyl (C=S) groups is 1.